The Labute approximate surface area is 129 Å². The Bertz CT molecular complexity index is 684. The van der Waals surface area contributed by atoms with Gasteiger partial charge in [-0.1, -0.05) is 0 Å². The number of carboxylic acid groups (broad SMARTS) is 1. The lowest BCUT2D eigenvalue weighted by Crippen LogP contribution is -2.28. The van der Waals surface area contributed by atoms with Gasteiger partial charge in [0, 0.05) is 29.8 Å². The van der Waals surface area contributed by atoms with Crippen molar-refractivity contribution in [2.24, 2.45) is 7.05 Å². The first kappa shape index (κ1) is 15.0. The minimum Gasteiger partial charge on any atom is -0.478 e. The number of urea groups is 1. The Kier molecular flexibility index (Phi) is 4.59. The van der Waals surface area contributed by atoms with Gasteiger partial charge in [0.25, 0.3) is 0 Å². The fraction of sp³-hybridized carbons (Fsp3) is 0.154. The molecule has 1 aromatic carbocycles. The average molecular weight is 353 g/mol. The second kappa shape index (κ2) is 6.40. The first-order valence-corrected chi connectivity index (χ1v) is 6.80. The number of hydrogen-bond donors (Lipinski definition) is 3. The maximum Gasteiger partial charge on any atom is 0.335 e. The van der Waals surface area contributed by atoms with E-state index in [2.05, 4.69) is 31.7 Å². The zero-order valence-corrected chi connectivity index (χ0v) is 12.7. The minimum absolute atomic E-state index is 0.142. The quantitative estimate of drug-likeness (QED) is 0.785. The standard InChI is InChI=1S/C13H13BrN4O3/c1-18-7-8(6-16-18)5-15-13(21)17-11-3-2-9(12(19)20)4-10(11)14/h2-4,6-7H,5H2,1H3,(H,19,20)(H2,15,17,21). The highest BCUT2D eigenvalue weighted by molar-refractivity contribution is 9.10. The van der Waals surface area contributed by atoms with Gasteiger partial charge in [0.2, 0.25) is 0 Å². The molecule has 0 fully saturated rings. The van der Waals surface area contributed by atoms with Crippen LogP contribution in [0.2, 0.25) is 0 Å². The van der Waals surface area contributed by atoms with Gasteiger partial charge in [0.15, 0.2) is 0 Å². The maximum atomic E-state index is 11.8. The lowest BCUT2D eigenvalue weighted by molar-refractivity contribution is 0.0697. The Morgan fingerprint density at radius 1 is 1.43 bits per heavy atom. The number of nitrogens with zero attached hydrogens (tertiary/aromatic N) is 2. The normalized spacial score (nSPS) is 10.2. The van der Waals surface area contributed by atoms with Crippen LogP contribution in [-0.4, -0.2) is 26.9 Å². The van der Waals surface area contributed by atoms with Crippen LogP contribution < -0.4 is 10.6 Å². The summed E-state index contributed by atoms with van der Waals surface area (Å²) in [5, 5.41) is 18.2. The largest absolute Gasteiger partial charge is 0.478 e. The number of halogens is 1. The summed E-state index contributed by atoms with van der Waals surface area (Å²) in [6, 6.07) is 3.99. The van der Waals surface area contributed by atoms with Crippen molar-refractivity contribution >= 4 is 33.6 Å². The molecule has 2 amide bonds. The third-order valence-corrected chi connectivity index (χ3v) is 3.33. The van der Waals surface area contributed by atoms with Crippen LogP contribution in [-0.2, 0) is 13.6 Å². The zero-order chi connectivity index (χ0) is 15.4. The Balaban J connectivity index is 1.94. The van der Waals surface area contributed by atoms with Gasteiger partial charge in [0.1, 0.15) is 0 Å². The van der Waals surface area contributed by atoms with E-state index in [0.29, 0.717) is 16.7 Å². The van der Waals surface area contributed by atoms with E-state index in [1.807, 2.05) is 0 Å². The number of benzene rings is 1. The fourth-order valence-corrected chi connectivity index (χ4v) is 2.14. The highest BCUT2D eigenvalue weighted by atomic mass is 79.9. The summed E-state index contributed by atoms with van der Waals surface area (Å²) in [4.78, 5) is 22.6. The second-order valence-electron chi connectivity index (χ2n) is 4.33. The molecule has 1 aromatic heterocycles. The van der Waals surface area contributed by atoms with Gasteiger partial charge in [-0.3, -0.25) is 4.68 Å². The van der Waals surface area contributed by atoms with Crippen molar-refractivity contribution in [2.75, 3.05) is 5.32 Å². The van der Waals surface area contributed by atoms with Gasteiger partial charge < -0.3 is 15.7 Å². The molecule has 3 N–H and O–H groups in total. The summed E-state index contributed by atoms with van der Waals surface area (Å²) in [7, 11) is 1.80. The third-order valence-electron chi connectivity index (χ3n) is 2.68. The molecule has 21 heavy (non-hydrogen) atoms. The van der Waals surface area contributed by atoms with Crippen LogP contribution in [0.4, 0.5) is 10.5 Å². The van der Waals surface area contributed by atoms with Gasteiger partial charge in [0.05, 0.1) is 17.4 Å². The molecule has 0 aliphatic rings. The first-order valence-electron chi connectivity index (χ1n) is 6.01. The molecular weight excluding hydrogens is 340 g/mol. The maximum absolute atomic E-state index is 11.8. The van der Waals surface area contributed by atoms with Crippen LogP contribution in [0.25, 0.3) is 0 Å². The molecule has 2 aromatic rings. The molecule has 0 unspecified atom stereocenters. The van der Waals surface area contributed by atoms with Gasteiger partial charge in [-0.2, -0.15) is 5.10 Å². The number of rotatable bonds is 4. The molecule has 0 saturated carbocycles. The summed E-state index contributed by atoms with van der Waals surface area (Å²) in [5.41, 5.74) is 1.51. The number of amides is 2. The van der Waals surface area contributed by atoms with E-state index in [0.717, 1.165) is 5.56 Å². The summed E-state index contributed by atoms with van der Waals surface area (Å²) in [5.74, 6) is -1.02. The van der Waals surface area contributed by atoms with Crippen molar-refractivity contribution in [2.45, 2.75) is 6.54 Å². The van der Waals surface area contributed by atoms with Gasteiger partial charge >= 0.3 is 12.0 Å². The highest BCUT2D eigenvalue weighted by Crippen LogP contribution is 2.23. The predicted molar refractivity (Wildman–Crippen MR) is 80.2 cm³/mol. The van der Waals surface area contributed by atoms with Crippen LogP contribution in [0.3, 0.4) is 0 Å². The summed E-state index contributed by atoms with van der Waals surface area (Å²) in [6.07, 6.45) is 3.47. The number of aromatic nitrogens is 2. The lowest BCUT2D eigenvalue weighted by atomic mass is 10.2. The third kappa shape index (κ3) is 4.06. The van der Waals surface area contributed by atoms with Crippen molar-refractivity contribution in [3.63, 3.8) is 0 Å². The summed E-state index contributed by atoms with van der Waals surface area (Å²) >= 11 is 3.22. The Morgan fingerprint density at radius 3 is 2.76 bits per heavy atom. The highest BCUT2D eigenvalue weighted by Gasteiger charge is 2.09. The number of aryl methyl sites for hydroxylation is 1. The monoisotopic (exact) mass is 352 g/mol. The first-order chi connectivity index (χ1) is 9.95. The van der Waals surface area contributed by atoms with Crippen molar-refractivity contribution in [1.82, 2.24) is 15.1 Å². The molecule has 0 spiro atoms. The Hall–Kier alpha value is -2.35. The van der Waals surface area contributed by atoms with E-state index in [9.17, 15) is 9.59 Å². The van der Waals surface area contributed by atoms with E-state index in [1.165, 1.54) is 18.2 Å². The number of carbonyl (C=O) groups is 2. The van der Waals surface area contributed by atoms with Crippen LogP contribution in [0.5, 0.6) is 0 Å². The number of carboxylic acids is 1. The zero-order valence-electron chi connectivity index (χ0n) is 11.1. The predicted octanol–water partition coefficient (Wildman–Crippen LogP) is 2.20. The number of nitrogens with one attached hydrogen (secondary N) is 2. The van der Waals surface area contributed by atoms with E-state index in [-0.39, 0.29) is 11.6 Å². The van der Waals surface area contributed by atoms with E-state index in [1.54, 1.807) is 24.1 Å². The SMILES string of the molecule is Cn1cc(CNC(=O)Nc2ccc(C(=O)O)cc2Br)cn1. The average Bonchev–Trinajstić information content (AvgIpc) is 2.84. The molecule has 7 nitrogen and oxygen atoms in total. The van der Waals surface area contributed by atoms with Crippen molar-refractivity contribution in [3.05, 3.63) is 46.2 Å². The molecule has 110 valence electrons. The molecule has 8 heteroatoms. The lowest BCUT2D eigenvalue weighted by Gasteiger charge is -2.09. The number of aromatic carboxylic acids is 1. The van der Waals surface area contributed by atoms with Crippen LogP contribution >= 0.6 is 15.9 Å². The van der Waals surface area contributed by atoms with Gasteiger partial charge in [-0.25, -0.2) is 9.59 Å². The summed E-state index contributed by atoms with van der Waals surface area (Å²) in [6.45, 7) is 0.352. The fourth-order valence-electron chi connectivity index (χ4n) is 1.66. The van der Waals surface area contributed by atoms with Crippen molar-refractivity contribution in [1.29, 1.82) is 0 Å². The topological polar surface area (TPSA) is 96.2 Å². The number of hydrogen-bond acceptors (Lipinski definition) is 3. The molecule has 0 radical (unpaired) electrons. The molecule has 0 aliphatic heterocycles. The number of carbonyl (C=O) groups excluding carboxylic acids is 1. The van der Waals surface area contributed by atoms with Gasteiger partial charge in [-0.05, 0) is 34.1 Å². The molecule has 0 aliphatic carbocycles. The van der Waals surface area contributed by atoms with E-state index >= 15 is 0 Å². The molecule has 0 bridgehead atoms. The smallest absolute Gasteiger partial charge is 0.335 e. The van der Waals surface area contributed by atoms with E-state index < -0.39 is 5.97 Å². The molecule has 1 heterocycles. The van der Waals surface area contributed by atoms with Crippen LogP contribution in [0, 0.1) is 0 Å². The van der Waals surface area contributed by atoms with Crippen molar-refractivity contribution in [3.8, 4) is 0 Å². The number of anilines is 1. The van der Waals surface area contributed by atoms with E-state index in [4.69, 9.17) is 5.11 Å². The molecule has 0 saturated heterocycles. The van der Waals surface area contributed by atoms with Crippen LogP contribution in [0.1, 0.15) is 15.9 Å². The molecule has 2 rings (SSSR count). The molecular formula is C13H13BrN4O3. The van der Waals surface area contributed by atoms with Gasteiger partial charge in [-0.15, -0.1) is 0 Å². The molecule has 0 atom stereocenters. The van der Waals surface area contributed by atoms with Crippen molar-refractivity contribution < 1.29 is 14.7 Å². The Morgan fingerprint density at radius 2 is 2.19 bits per heavy atom. The van der Waals surface area contributed by atoms with Crippen LogP contribution in [0.15, 0.2) is 35.1 Å². The minimum atomic E-state index is -1.02. The second-order valence-corrected chi connectivity index (χ2v) is 5.18. The summed E-state index contributed by atoms with van der Waals surface area (Å²) < 4.78 is 2.15.